The predicted octanol–water partition coefficient (Wildman–Crippen LogP) is -1.46. The number of unbranched alkanes of at least 4 members (excludes halogenated alkanes) is 14. The van der Waals surface area contributed by atoms with Crippen LogP contribution in [-0.2, 0) is 9.59 Å². The summed E-state index contributed by atoms with van der Waals surface area (Å²) < 4.78 is 0. The van der Waals surface area contributed by atoms with Gasteiger partial charge in [-0.25, -0.2) is 0 Å². The second-order valence-electron chi connectivity index (χ2n) is 8.11. The molecule has 0 aromatic carbocycles. The second-order valence-corrected chi connectivity index (χ2v) is 8.11. The van der Waals surface area contributed by atoms with Crippen LogP contribution in [0.5, 0.6) is 0 Å². The molecule has 0 aromatic rings. The molecule has 0 fully saturated rings. The zero-order valence-electron chi connectivity index (χ0n) is 19.9. The van der Waals surface area contributed by atoms with Gasteiger partial charge in [-0.15, -0.1) is 0 Å². The Morgan fingerprint density at radius 1 is 0.552 bits per heavy atom. The van der Waals surface area contributed by atoms with Gasteiger partial charge in [0.1, 0.15) is 0 Å². The summed E-state index contributed by atoms with van der Waals surface area (Å²) in [6.45, 7) is 4.37. The number of carboxylic acids is 2. The Balaban J connectivity index is -0.00000338. The maximum atomic E-state index is 11.6. The van der Waals surface area contributed by atoms with Crippen LogP contribution in [0.3, 0.4) is 0 Å². The van der Waals surface area contributed by atoms with Gasteiger partial charge < -0.3 is 19.8 Å². The molecule has 0 atom stereocenters. The van der Waals surface area contributed by atoms with Crippen molar-refractivity contribution in [2.24, 2.45) is 5.41 Å². The number of carbonyl (C=O) groups is 2. The van der Waals surface area contributed by atoms with Crippen molar-refractivity contribution in [1.82, 2.24) is 0 Å². The van der Waals surface area contributed by atoms with E-state index in [2.05, 4.69) is 13.8 Å². The van der Waals surface area contributed by atoms with Gasteiger partial charge in [0.05, 0.1) is 11.9 Å². The van der Waals surface area contributed by atoms with Crippen LogP contribution in [-0.4, -0.2) is 11.9 Å². The van der Waals surface area contributed by atoms with Gasteiger partial charge in [-0.05, 0) is 12.8 Å². The molecule has 0 heterocycles. The molecule has 0 amide bonds. The Kier molecular flexibility index (Phi) is 28.6. The molecule has 0 radical (unpaired) electrons. The van der Waals surface area contributed by atoms with Crippen LogP contribution in [0.1, 0.15) is 129 Å². The van der Waals surface area contributed by atoms with Gasteiger partial charge in [0, 0.05) is 5.41 Å². The summed E-state index contributed by atoms with van der Waals surface area (Å²) >= 11 is 0. The first-order valence-electron chi connectivity index (χ1n) is 11.4. The van der Waals surface area contributed by atoms with Crippen LogP contribution in [0.15, 0.2) is 0 Å². The summed E-state index contributed by atoms with van der Waals surface area (Å²) in [7, 11) is 0. The molecule has 0 spiro atoms. The predicted molar refractivity (Wildman–Crippen MR) is 107 cm³/mol. The molecular weight excluding hydrogens is 386 g/mol. The van der Waals surface area contributed by atoms with E-state index in [1.807, 2.05) is 0 Å². The SMILES string of the molecule is CCCCCCCCCCC(CCCCCCCCCC)(C(=O)[O-])C(=O)[O-].[K+].[Li+]. The molecule has 0 aliphatic carbocycles. The smallest absolute Gasteiger partial charge is 0.549 e. The molecule has 0 aromatic heterocycles. The van der Waals surface area contributed by atoms with Crippen LogP contribution in [0.4, 0.5) is 0 Å². The molecular formula is C23H42KLiO4. The first-order chi connectivity index (χ1) is 13.0. The van der Waals surface area contributed by atoms with E-state index in [1.165, 1.54) is 51.4 Å². The van der Waals surface area contributed by atoms with Crippen LogP contribution in [0.25, 0.3) is 0 Å². The molecule has 160 valence electrons. The first kappa shape index (κ1) is 34.8. The van der Waals surface area contributed by atoms with E-state index in [4.69, 9.17) is 0 Å². The van der Waals surface area contributed by atoms with Gasteiger partial charge in [-0.3, -0.25) is 0 Å². The second kappa shape index (κ2) is 23.8. The van der Waals surface area contributed by atoms with Crippen molar-refractivity contribution < 1.29 is 90.0 Å². The molecule has 4 nitrogen and oxygen atoms in total. The first-order valence-corrected chi connectivity index (χ1v) is 11.4. The molecule has 0 N–H and O–H groups in total. The van der Waals surface area contributed by atoms with Crippen molar-refractivity contribution in [3.63, 3.8) is 0 Å². The Morgan fingerprint density at radius 3 is 1.03 bits per heavy atom. The third-order valence-electron chi connectivity index (χ3n) is 5.70. The van der Waals surface area contributed by atoms with Gasteiger partial charge in [0.2, 0.25) is 0 Å². The zero-order valence-corrected chi connectivity index (χ0v) is 23.0. The fourth-order valence-electron chi connectivity index (χ4n) is 3.74. The molecule has 0 saturated carbocycles. The Morgan fingerprint density at radius 2 is 0.793 bits per heavy atom. The van der Waals surface area contributed by atoms with E-state index >= 15 is 0 Å². The van der Waals surface area contributed by atoms with Crippen molar-refractivity contribution in [3.8, 4) is 0 Å². The van der Waals surface area contributed by atoms with Crippen LogP contribution in [0.2, 0.25) is 0 Å². The van der Waals surface area contributed by atoms with Crippen molar-refractivity contribution in [1.29, 1.82) is 0 Å². The number of carbonyl (C=O) groups excluding carboxylic acids is 2. The maximum Gasteiger partial charge on any atom is 1.00 e. The molecule has 0 unspecified atom stereocenters. The minimum absolute atomic E-state index is 0. The summed E-state index contributed by atoms with van der Waals surface area (Å²) in [5.41, 5.74) is -1.80. The van der Waals surface area contributed by atoms with Crippen LogP contribution >= 0.6 is 0 Å². The topological polar surface area (TPSA) is 80.3 Å². The third kappa shape index (κ3) is 17.4. The largest absolute Gasteiger partial charge is 1.00 e. The van der Waals surface area contributed by atoms with E-state index in [0.29, 0.717) is 12.8 Å². The molecule has 0 aliphatic rings. The molecule has 0 bridgehead atoms. The Bertz CT molecular complexity index is 355. The number of carboxylic acid groups (broad SMARTS) is 2. The number of aliphatic carboxylic acids is 2. The van der Waals surface area contributed by atoms with Gasteiger partial charge in [0.15, 0.2) is 0 Å². The summed E-state index contributed by atoms with van der Waals surface area (Å²) in [4.78, 5) is 23.2. The van der Waals surface area contributed by atoms with Crippen molar-refractivity contribution in [3.05, 3.63) is 0 Å². The monoisotopic (exact) mass is 428 g/mol. The molecule has 0 saturated heterocycles. The summed E-state index contributed by atoms with van der Waals surface area (Å²) in [5.74, 6) is -2.93. The average Bonchev–Trinajstić information content (AvgIpc) is 2.63. The maximum absolute atomic E-state index is 11.6. The van der Waals surface area contributed by atoms with Crippen molar-refractivity contribution in [2.75, 3.05) is 0 Å². The minimum atomic E-state index is -1.80. The van der Waals surface area contributed by atoms with E-state index in [1.54, 1.807) is 0 Å². The fraction of sp³-hybridized carbons (Fsp3) is 0.913. The van der Waals surface area contributed by atoms with Crippen LogP contribution < -0.4 is 80.5 Å². The Hall–Kier alpha value is 1.17. The summed E-state index contributed by atoms with van der Waals surface area (Å²) in [6, 6.07) is 0. The normalized spacial score (nSPS) is 10.8. The summed E-state index contributed by atoms with van der Waals surface area (Å²) in [6.07, 6.45) is 17.5. The molecule has 6 heteroatoms. The van der Waals surface area contributed by atoms with Crippen molar-refractivity contribution in [2.45, 2.75) is 129 Å². The van der Waals surface area contributed by atoms with E-state index in [0.717, 1.165) is 38.5 Å². The zero-order chi connectivity index (χ0) is 20.4. The van der Waals surface area contributed by atoms with E-state index in [-0.39, 0.29) is 83.1 Å². The Labute approximate surface area is 234 Å². The minimum Gasteiger partial charge on any atom is -0.549 e. The number of rotatable bonds is 20. The number of hydrogen-bond donors (Lipinski definition) is 0. The van der Waals surface area contributed by atoms with Crippen LogP contribution in [0, 0.1) is 5.41 Å². The summed E-state index contributed by atoms with van der Waals surface area (Å²) in [5, 5.41) is 23.2. The number of hydrogen-bond acceptors (Lipinski definition) is 4. The average molecular weight is 429 g/mol. The third-order valence-corrected chi connectivity index (χ3v) is 5.70. The molecule has 0 aliphatic heterocycles. The fourth-order valence-corrected chi connectivity index (χ4v) is 3.74. The van der Waals surface area contributed by atoms with Crippen molar-refractivity contribution >= 4 is 11.9 Å². The molecule has 29 heavy (non-hydrogen) atoms. The van der Waals surface area contributed by atoms with Gasteiger partial charge >= 0.3 is 70.2 Å². The van der Waals surface area contributed by atoms with Gasteiger partial charge in [0.25, 0.3) is 0 Å². The molecule has 0 rings (SSSR count). The van der Waals surface area contributed by atoms with Gasteiger partial charge in [-0.2, -0.15) is 0 Å². The quantitative estimate of drug-likeness (QED) is 0.135. The standard InChI is InChI=1S/C23H44O4.K.Li/c1-3-5-7-9-11-13-15-17-19-23(21(24)25,22(26)27)20-18-16-14-12-10-8-6-4-2;;/h3-20H2,1-2H3,(H,24,25)(H,26,27);;/q;2*+1/p-2. The van der Waals surface area contributed by atoms with E-state index in [9.17, 15) is 19.8 Å². The van der Waals surface area contributed by atoms with Gasteiger partial charge in [-0.1, -0.05) is 117 Å². The van der Waals surface area contributed by atoms with E-state index < -0.39 is 17.4 Å².